The second-order valence-electron chi connectivity index (χ2n) is 11.5. The van der Waals surface area contributed by atoms with Crippen LogP contribution in [0.5, 0.6) is 0 Å². The highest BCUT2D eigenvalue weighted by Gasteiger charge is 2.33. The van der Waals surface area contributed by atoms with Crippen LogP contribution in [0.15, 0.2) is 36.4 Å². The predicted molar refractivity (Wildman–Crippen MR) is 161 cm³/mol. The first-order valence-corrected chi connectivity index (χ1v) is 15.1. The van der Waals surface area contributed by atoms with Crippen molar-refractivity contribution in [1.29, 1.82) is 0 Å². The number of thiophene rings is 1. The maximum absolute atomic E-state index is 13.2. The Bertz CT molecular complexity index is 1350. The van der Waals surface area contributed by atoms with Gasteiger partial charge in [-0.05, 0) is 71.0 Å². The summed E-state index contributed by atoms with van der Waals surface area (Å²) in [6.45, 7) is 9.18. The van der Waals surface area contributed by atoms with Crippen molar-refractivity contribution in [2.45, 2.75) is 64.4 Å². The Balaban J connectivity index is 1.41. The first-order chi connectivity index (χ1) is 19.7. The van der Waals surface area contributed by atoms with Crippen LogP contribution >= 0.6 is 11.3 Å². The Morgan fingerprint density at radius 1 is 1.15 bits per heavy atom. The smallest absolute Gasteiger partial charge is 0.226 e. The van der Waals surface area contributed by atoms with Crippen LogP contribution in [0.2, 0.25) is 0 Å². The number of amides is 1. The number of hydrogen-bond acceptors (Lipinski definition) is 9. The Kier molecular flexibility index (Phi) is 9.35. The molecule has 0 spiro atoms. The lowest BCUT2D eigenvalue weighted by atomic mass is 10.0. The average molecular weight is 580 g/mol. The highest BCUT2D eigenvalue weighted by Crippen LogP contribution is 2.37. The van der Waals surface area contributed by atoms with Gasteiger partial charge in [0.2, 0.25) is 5.91 Å². The molecule has 3 aromatic rings. The Labute approximate surface area is 246 Å². The molecule has 2 saturated heterocycles. The fourth-order valence-corrected chi connectivity index (χ4v) is 6.40. The molecule has 4 heterocycles. The van der Waals surface area contributed by atoms with Gasteiger partial charge in [-0.3, -0.25) is 4.79 Å². The highest BCUT2D eigenvalue weighted by molar-refractivity contribution is 7.15. The summed E-state index contributed by atoms with van der Waals surface area (Å²) < 4.78 is 17.6. The number of carbonyl (C=O) groups is 1. The monoisotopic (exact) mass is 579 g/mol. The van der Waals surface area contributed by atoms with E-state index in [0.717, 1.165) is 19.4 Å². The lowest BCUT2D eigenvalue weighted by Crippen LogP contribution is -2.47. The average Bonchev–Trinajstić information content (AvgIpc) is 3.58. The normalized spacial score (nSPS) is 20.3. The van der Waals surface area contributed by atoms with Crippen molar-refractivity contribution in [3.63, 3.8) is 0 Å². The predicted octanol–water partition coefficient (Wildman–Crippen LogP) is 5.02. The van der Waals surface area contributed by atoms with E-state index in [2.05, 4.69) is 73.0 Å². The zero-order valence-corrected chi connectivity index (χ0v) is 25.5. The lowest BCUT2D eigenvalue weighted by molar-refractivity contribution is -0.183. The Morgan fingerprint density at radius 2 is 1.93 bits per heavy atom. The van der Waals surface area contributed by atoms with E-state index in [9.17, 15) is 4.79 Å². The standard InChI is InChI=1S/C31H41N5O4S/c1-20(25-11-12-26(41-25)23-10-7-6-9-22(23)18-36(4)5)32-29-28(30-39-14-8-15-40-30)24(33-21(2)34-29)17-27(37)35-31(3)13-16-38-19-31/h6-7,9-12,20,30H,8,13-19H2,1-5H3,(H,35,37)(H,32,33,34). The summed E-state index contributed by atoms with van der Waals surface area (Å²) in [5, 5.41) is 6.76. The molecule has 1 amide bonds. The number of rotatable bonds is 10. The van der Waals surface area contributed by atoms with Gasteiger partial charge in [0.1, 0.15) is 11.6 Å². The first-order valence-electron chi connectivity index (χ1n) is 14.3. The summed E-state index contributed by atoms with van der Waals surface area (Å²) >= 11 is 1.77. The zero-order chi connectivity index (χ0) is 29.0. The van der Waals surface area contributed by atoms with E-state index in [1.54, 1.807) is 11.3 Å². The van der Waals surface area contributed by atoms with Crippen molar-refractivity contribution in [2.75, 3.05) is 45.8 Å². The number of anilines is 1. The molecule has 2 aromatic heterocycles. The molecular weight excluding hydrogens is 538 g/mol. The molecule has 220 valence electrons. The Hall–Kier alpha value is -2.89. The molecule has 2 aliphatic heterocycles. The lowest BCUT2D eigenvalue weighted by Gasteiger charge is -2.28. The van der Waals surface area contributed by atoms with Crippen LogP contribution in [0.1, 0.15) is 66.5 Å². The maximum atomic E-state index is 13.2. The molecule has 5 rings (SSSR count). The summed E-state index contributed by atoms with van der Waals surface area (Å²) in [5.74, 6) is 1.12. The van der Waals surface area contributed by atoms with E-state index in [-0.39, 0.29) is 23.9 Å². The topological polar surface area (TPSA) is 97.8 Å². The minimum atomic E-state index is -0.635. The first kappa shape index (κ1) is 29.6. The molecule has 2 atom stereocenters. The number of aromatic nitrogens is 2. The van der Waals surface area contributed by atoms with Crippen molar-refractivity contribution >= 4 is 23.1 Å². The molecule has 1 aromatic carbocycles. The van der Waals surface area contributed by atoms with Crippen LogP contribution in [0.3, 0.4) is 0 Å². The maximum Gasteiger partial charge on any atom is 0.226 e. The van der Waals surface area contributed by atoms with E-state index in [0.29, 0.717) is 49.3 Å². The van der Waals surface area contributed by atoms with E-state index < -0.39 is 6.29 Å². The van der Waals surface area contributed by atoms with Crippen LogP contribution in [-0.2, 0) is 32.0 Å². The van der Waals surface area contributed by atoms with Gasteiger partial charge in [0.15, 0.2) is 6.29 Å². The second kappa shape index (κ2) is 13.0. The molecule has 2 fully saturated rings. The van der Waals surface area contributed by atoms with E-state index in [1.165, 1.54) is 20.9 Å². The summed E-state index contributed by atoms with van der Waals surface area (Å²) in [7, 11) is 4.18. The van der Waals surface area contributed by atoms with Crippen LogP contribution < -0.4 is 10.6 Å². The zero-order valence-electron chi connectivity index (χ0n) is 24.7. The third-order valence-corrected chi connectivity index (χ3v) is 8.66. The van der Waals surface area contributed by atoms with Gasteiger partial charge < -0.3 is 29.7 Å². The molecule has 0 aliphatic carbocycles. The van der Waals surface area contributed by atoms with Gasteiger partial charge in [0, 0.05) is 22.9 Å². The van der Waals surface area contributed by atoms with Gasteiger partial charge in [-0.25, -0.2) is 9.97 Å². The highest BCUT2D eigenvalue weighted by atomic mass is 32.1. The minimum Gasteiger partial charge on any atom is -0.379 e. The van der Waals surface area contributed by atoms with Crippen LogP contribution in [0.4, 0.5) is 5.82 Å². The molecule has 2 N–H and O–H groups in total. The number of aryl methyl sites for hydroxylation is 1. The molecule has 0 radical (unpaired) electrons. The molecule has 2 unspecified atom stereocenters. The minimum absolute atomic E-state index is 0.0392. The molecule has 10 heteroatoms. The Morgan fingerprint density at radius 3 is 2.66 bits per heavy atom. The summed E-state index contributed by atoms with van der Waals surface area (Å²) in [4.78, 5) is 27.2. The number of carbonyl (C=O) groups excluding carboxylic acids is 1. The summed E-state index contributed by atoms with van der Waals surface area (Å²) in [6.07, 6.45) is 1.08. The molecule has 2 aliphatic rings. The van der Waals surface area contributed by atoms with E-state index in [4.69, 9.17) is 24.2 Å². The number of hydrogen-bond donors (Lipinski definition) is 2. The van der Waals surface area contributed by atoms with Gasteiger partial charge in [-0.1, -0.05) is 24.3 Å². The molecule has 41 heavy (non-hydrogen) atoms. The molecule has 0 bridgehead atoms. The third-order valence-electron chi connectivity index (χ3n) is 7.36. The fraction of sp³-hybridized carbons (Fsp3) is 0.516. The van der Waals surface area contributed by atoms with Crippen LogP contribution in [-0.4, -0.2) is 66.8 Å². The van der Waals surface area contributed by atoms with Crippen molar-refractivity contribution in [1.82, 2.24) is 20.2 Å². The quantitative estimate of drug-likeness (QED) is 0.346. The number of nitrogens with one attached hydrogen (secondary N) is 2. The van der Waals surface area contributed by atoms with Gasteiger partial charge >= 0.3 is 0 Å². The number of ether oxygens (including phenoxy) is 3. The van der Waals surface area contributed by atoms with E-state index in [1.807, 2.05) is 13.8 Å². The van der Waals surface area contributed by atoms with Crippen molar-refractivity contribution in [2.24, 2.45) is 0 Å². The number of nitrogens with zero attached hydrogens (tertiary/aromatic N) is 3. The van der Waals surface area contributed by atoms with Crippen molar-refractivity contribution in [3.8, 4) is 10.4 Å². The molecule has 9 nitrogen and oxygen atoms in total. The largest absolute Gasteiger partial charge is 0.379 e. The third kappa shape index (κ3) is 7.31. The molecular formula is C31H41N5O4S. The van der Waals surface area contributed by atoms with Crippen molar-refractivity contribution < 1.29 is 19.0 Å². The van der Waals surface area contributed by atoms with Gasteiger partial charge in [0.05, 0.1) is 49.1 Å². The van der Waals surface area contributed by atoms with Gasteiger partial charge in [-0.15, -0.1) is 11.3 Å². The number of benzene rings is 1. The van der Waals surface area contributed by atoms with Crippen LogP contribution in [0, 0.1) is 6.92 Å². The second-order valence-corrected chi connectivity index (χ2v) is 12.6. The van der Waals surface area contributed by atoms with Crippen LogP contribution in [0.25, 0.3) is 10.4 Å². The fourth-order valence-electron chi connectivity index (χ4n) is 5.33. The van der Waals surface area contributed by atoms with Gasteiger partial charge in [0.25, 0.3) is 0 Å². The molecule has 0 saturated carbocycles. The van der Waals surface area contributed by atoms with E-state index >= 15 is 0 Å². The van der Waals surface area contributed by atoms with Gasteiger partial charge in [-0.2, -0.15) is 0 Å². The SMILES string of the molecule is Cc1nc(CC(=O)NC2(C)CCOC2)c(C2OCCCO2)c(NC(C)c2ccc(-c3ccccc3CN(C)C)s2)n1. The van der Waals surface area contributed by atoms with Crippen molar-refractivity contribution in [3.05, 3.63) is 63.9 Å². The summed E-state index contributed by atoms with van der Waals surface area (Å²) in [6, 6.07) is 12.9. The summed E-state index contributed by atoms with van der Waals surface area (Å²) in [5.41, 5.74) is 3.49.